The van der Waals surface area contributed by atoms with Gasteiger partial charge in [0, 0.05) is 37.4 Å². The van der Waals surface area contributed by atoms with E-state index in [9.17, 15) is 13.2 Å². The molecule has 0 spiro atoms. The first kappa shape index (κ1) is 23.4. The van der Waals surface area contributed by atoms with Crippen molar-refractivity contribution in [2.24, 2.45) is 0 Å². The average molecular weight is 496 g/mol. The molecule has 3 aromatic rings. The van der Waals surface area contributed by atoms with Crippen LogP contribution >= 0.6 is 0 Å². The second kappa shape index (κ2) is 10.1. The number of hydrogen-bond donors (Lipinski definition) is 1. The van der Waals surface area contributed by atoms with Gasteiger partial charge in [-0.25, -0.2) is 13.1 Å². The highest BCUT2D eigenvalue weighted by molar-refractivity contribution is 7.89. The zero-order chi connectivity index (χ0) is 24.3. The molecule has 0 saturated carbocycles. The highest BCUT2D eigenvalue weighted by Gasteiger charge is 2.31. The molecule has 0 bridgehead atoms. The predicted molar refractivity (Wildman–Crippen MR) is 132 cm³/mol. The van der Waals surface area contributed by atoms with Crippen LogP contribution in [0.2, 0.25) is 0 Å². The Hall–Kier alpha value is -3.31. The molecule has 0 aliphatic carbocycles. The van der Waals surface area contributed by atoms with Crippen molar-refractivity contribution < 1.29 is 13.2 Å². The van der Waals surface area contributed by atoms with Gasteiger partial charge in [-0.05, 0) is 78.9 Å². The van der Waals surface area contributed by atoms with Gasteiger partial charge in [-0.15, -0.1) is 5.10 Å². The van der Waals surface area contributed by atoms with E-state index in [2.05, 4.69) is 25.7 Å². The molecule has 10 nitrogen and oxygen atoms in total. The lowest BCUT2D eigenvalue weighted by Crippen LogP contribution is -2.37. The number of rotatable bonds is 6. The molecule has 0 atom stereocenters. The Labute approximate surface area is 205 Å². The first-order valence-electron chi connectivity index (χ1n) is 12.1. The van der Waals surface area contributed by atoms with E-state index in [1.165, 1.54) is 17.1 Å². The molecule has 0 unspecified atom stereocenters. The maximum atomic E-state index is 13.7. The number of nitrogens with zero attached hydrogens (tertiary/aromatic N) is 6. The summed E-state index contributed by atoms with van der Waals surface area (Å²) in [6.45, 7) is 2.67. The lowest BCUT2D eigenvalue weighted by molar-refractivity contribution is 0.102. The van der Waals surface area contributed by atoms with Gasteiger partial charge in [0.1, 0.15) is 11.2 Å². The Morgan fingerprint density at radius 3 is 2.34 bits per heavy atom. The van der Waals surface area contributed by atoms with Gasteiger partial charge in [0.15, 0.2) is 0 Å². The molecule has 2 aliphatic heterocycles. The fraction of sp³-hybridized carbons (Fsp3) is 0.417. The number of amides is 1. The number of aromatic nitrogens is 4. The summed E-state index contributed by atoms with van der Waals surface area (Å²) in [6.07, 6.45) is 7.43. The average Bonchev–Trinajstić information content (AvgIpc) is 3.45. The highest BCUT2D eigenvalue weighted by atomic mass is 32.2. The summed E-state index contributed by atoms with van der Waals surface area (Å²) in [5.74, 6) is -0.376. The smallest absolute Gasteiger partial charge is 0.255 e. The molecule has 5 rings (SSSR count). The van der Waals surface area contributed by atoms with Crippen molar-refractivity contribution >= 4 is 27.3 Å². The van der Waals surface area contributed by atoms with Gasteiger partial charge in [0.25, 0.3) is 5.91 Å². The van der Waals surface area contributed by atoms with Crippen LogP contribution in [-0.2, 0) is 10.0 Å². The molecule has 2 aliphatic rings. The van der Waals surface area contributed by atoms with Crippen molar-refractivity contribution in [3.8, 4) is 5.69 Å². The number of anilines is 2. The number of carbonyl (C=O) groups excluding carboxylic acids is 1. The summed E-state index contributed by atoms with van der Waals surface area (Å²) in [5.41, 5.74) is 2.24. The third-order valence-electron chi connectivity index (χ3n) is 6.57. The van der Waals surface area contributed by atoms with Gasteiger partial charge in [-0.3, -0.25) is 4.79 Å². The Balaban J connectivity index is 1.46. The third-order valence-corrected chi connectivity index (χ3v) is 8.50. The van der Waals surface area contributed by atoms with Gasteiger partial charge >= 0.3 is 0 Å². The molecule has 0 radical (unpaired) electrons. The van der Waals surface area contributed by atoms with Gasteiger partial charge < -0.3 is 10.2 Å². The quantitative estimate of drug-likeness (QED) is 0.559. The van der Waals surface area contributed by atoms with E-state index in [0.29, 0.717) is 35.7 Å². The number of nitrogens with one attached hydrogen (secondary N) is 1. The highest BCUT2D eigenvalue weighted by Crippen LogP contribution is 2.32. The molecule has 3 heterocycles. The Morgan fingerprint density at radius 2 is 1.63 bits per heavy atom. The molecule has 2 fully saturated rings. The minimum atomic E-state index is -3.72. The lowest BCUT2D eigenvalue weighted by atomic mass is 10.1. The van der Waals surface area contributed by atoms with Crippen molar-refractivity contribution in [1.82, 2.24) is 24.5 Å². The molecule has 1 aromatic heterocycles. The topological polar surface area (TPSA) is 113 Å². The van der Waals surface area contributed by atoms with Gasteiger partial charge in [-0.2, -0.15) is 4.31 Å². The van der Waals surface area contributed by atoms with E-state index in [1.807, 2.05) is 6.07 Å². The van der Waals surface area contributed by atoms with Gasteiger partial charge in [-0.1, -0.05) is 12.5 Å². The summed E-state index contributed by atoms with van der Waals surface area (Å²) in [6, 6.07) is 12.2. The number of piperidine rings is 2. The molecule has 184 valence electrons. The molecule has 1 amide bonds. The zero-order valence-corrected chi connectivity index (χ0v) is 20.3. The Morgan fingerprint density at radius 1 is 0.886 bits per heavy atom. The van der Waals surface area contributed by atoms with Crippen molar-refractivity contribution in [3.05, 3.63) is 54.4 Å². The predicted octanol–water partition coefficient (Wildman–Crippen LogP) is 3.08. The van der Waals surface area contributed by atoms with Crippen molar-refractivity contribution in [2.75, 3.05) is 36.4 Å². The van der Waals surface area contributed by atoms with E-state index >= 15 is 0 Å². The first-order chi connectivity index (χ1) is 17.0. The Kier molecular flexibility index (Phi) is 6.78. The number of hydrogen-bond acceptors (Lipinski definition) is 7. The summed E-state index contributed by atoms with van der Waals surface area (Å²) >= 11 is 0. The van der Waals surface area contributed by atoms with Crippen LogP contribution in [0.1, 0.15) is 48.9 Å². The van der Waals surface area contributed by atoms with Crippen LogP contribution in [0.5, 0.6) is 0 Å². The molecule has 1 N–H and O–H groups in total. The number of tetrazole rings is 1. The number of carbonyl (C=O) groups is 1. The largest absolute Gasteiger partial charge is 0.370 e. The molecular weight excluding hydrogens is 466 g/mol. The third kappa shape index (κ3) is 5.06. The van der Waals surface area contributed by atoms with Crippen LogP contribution in [-0.4, -0.2) is 65.0 Å². The fourth-order valence-electron chi connectivity index (χ4n) is 4.71. The van der Waals surface area contributed by atoms with E-state index < -0.39 is 10.0 Å². The van der Waals surface area contributed by atoms with E-state index in [4.69, 9.17) is 0 Å². The minimum absolute atomic E-state index is 0.219. The molecule has 2 aromatic carbocycles. The second-order valence-corrected chi connectivity index (χ2v) is 10.9. The van der Waals surface area contributed by atoms with E-state index in [0.717, 1.165) is 51.6 Å². The second-order valence-electron chi connectivity index (χ2n) is 8.95. The van der Waals surface area contributed by atoms with Crippen molar-refractivity contribution in [3.63, 3.8) is 0 Å². The number of benzene rings is 2. The minimum Gasteiger partial charge on any atom is -0.370 e. The van der Waals surface area contributed by atoms with E-state index in [1.54, 1.807) is 34.6 Å². The summed E-state index contributed by atoms with van der Waals surface area (Å²) in [5, 5.41) is 14.0. The van der Waals surface area contributed by atoms with Crippen LogP contribution in [0.25, 0.3) is 5.69 Å². The van der Waals surface area contributed by atoms with E-state index in [-0.39, 0.29) is 10.8 Å². The normalized spacial score (nSPS) is 17.3. The maximum Gasteiger partial charge on any atom is 0.255 e. The Bertz CT molecular complexity index is 1280. The molecule has 11 heteroatoms. The summed E-state index contributed by atoms with van der Waals surface area (Å²) in [4.78, 5) is 15.5. The summed E-state index contributed by atoms with van der Waals surface area (Å²) in [7, 11) is -3.72. The summed E-state index contributed by atoms with van der Waals surface area (Å²) < 4.78 is 30.5. The maximum absolute atomic E-state index is 13.7. The van der Waals surface area contributed by atoms with Crippen molar-refractivity contribution in [1.29, 1.82) is 0 Å². The first-order valence-corrected chi connectivity index (χ1v) is 13.5. The van der Waals surface area contributed by atoms with Crippen molar-refractivity contribution in [2.45, 2.75) is 43.4 Å². The van der Waals surface area contributed by atoms with Crippen LogP contribution in [0.4, 0.5) is 11.4 Å². The standard InChI is InChI=1S/C24H29N7O3S/c32-24(26-20-8-7-9-21(17-20)31-18-25-27-28-31)19-10-11-22(29-12-3-1-4-13-29)23(16-19)35(33,34)30-14-5-2-6-15-30/h7-11,16-18H,1-6,12-15H2,(H,26,32). The van der Waals surface area contributed by atoms with Gasteiger partial charge in [0.2, 0.25) is 10.0 Å². The fourth-order valence-corrected chi connectivity index (χ4v) is 6.47. The van der Waals surface area contributed by atoms with Crippen LogP contribution in [0.3, 0.4) is 0 Å². The SMILES string of the molecule is O=C(Nc1cccc(-n2cnnn2)c1)c1ccc(N2CCCCC2)c(S(=O)(=O)N2CCCCC2)c1. The lowest BCUT2D eigenvalue weighted by Gasteiger charge is -2.33. The van der Waals surface area contributed by atoms with Gasteiger partial charge in [0.05, 0.1) is 11.4 Å². The molecule has 35 heavy (non-hydrogen) atoms. The van der Waals surface area contributed by atoms with Crippen LogP contribution in [0, 0.1) is 0 Å². The van der Waals surface area contributed by atoms with Crippen LogP contribution in [0.15, 0.2) is 53.7 Å². The number of sulfonamides is 1. The zero-order valence-electron chi connectivity index (χ0n) is 19.5. The van der Waals surface area contributed by atoms with Crippen LogP contribution < -0.4 is 10.2 Å². The molecule has 2 saturated heterocycles. The molecular formula is C24H29N7O3S. The monoisotopic (exact) mass is 495 g/mol.